The molecule has 0 spiro atoms. The molecule has 0 aromatic heterocycles. The molecule has 0 rings (SSSR count). The van der Waals surface area contributed by atoms with Gasteiger partial charge < -0.3 is 10.1 Å². The van der Waals surface area contributed by atoms with Crippen LogP contribution in [0.5, 0.6) is 0 Å². The average Bonchev–Trinajstić information content (AvgIpc) is 2.27. The van der Waals surface area contributed by atoms with Crippen LogP contribution >= 0.6 is 0 Å². The number of halogens is 3. The van der Waals surface area contributed by atoms with Crippen molar-refractivity contribution in [1.29, 1.82) is 0 Å². The Hall–Kier alpha value is -0.290. The summed E-state index contributed by atoms with van der Waals surface area (Å²) in [4.78, 5) is 0. The minimum absolute atomic E-state index is 0.0572. The SMILES string of the molecule is CCCNC(CCC(F)(F)F)C(C)(CC)OC. The summed E-state index contributed by atoms with van der Waals surface area (Å²) in [5.41, 5.74) is -0.541. The lowest BCUT2D eigenvalue weighted by Gasteiger charge is -2.36. The van der Waals surface area contributed by atoms with E-state index in [0.717, 1.165) is 6.42 Å². The summed E-state index contributed by atoms with van der Waals surface area (Å²) in [6, 6.07) is -0.265. The summed E-state index contributed by atoms with van der Waals surface area (Å²) in [6.45, 7) is 6.49. The molecule has 0 aliphatic heterocycles. The molecular weight excluding hydrogens is 231 g/mol. The van der Waals surface area contributed by atoms with Crippen molar-refractivity contribution in [1.82, 2.24) is 5.32 Å². The van der Waals surface area contributed by atoms with Gasteiger partial charge in [-0.1, -0.05) is 13.8 Å². The second-order valence-electron chi connectivity index (χ2n) is 4.53. The first-order valence-electron chi connectivity index (χ1n) is 6.14. The van der Waals surface area contributed by atoms with Crippen molar-refractivity contribution < 1.29 is 17.9 Å². The maximum absolute atomic E-state index is 12.3. The number of alkyl halides is 3. The standard InChI is InChI=1S/C12H24F3NO/c1-5-9-16-10(7-8-12(13,14)15)11(3,6-2)17-4/h10,16H,5-9H2,1-4H3. The van der Waals surface area contributed by atoms with Gasteiger partial charge in [-0.15, -0.1) is 0 Å². The summed E-state index contributed by atoms with van der Waals surface area (Å²) in [5.74, 6) is 0. The van der Waals surface area contributed by atoms with E-state index in [1.165, 1.54) is 0 Å². The molecule has 2 nitrogen and oxygen atoms in total. The molecule has 5 heteroatoms. The molecule has 0 aliphatic carbocycles. The summed E-state index contributed by atoms with van der Waals surface area (Å²) >= 11 is 0. The molecule has 0 heterocycles. The van der Waals surface area contributed by atoms with Crippen LogP contribution in [-0.2, 0) is 4.74 Å². The molecule has 0 aliphatic rings. The molecule has 0 aromatic rings. The Labute approximate surface area is 102 Å². The van der Waals surface area contributed by atoms with Gasteiger partial charge in [0.1, 0.15) is 0 Å². The van der Waals surface area contributed by atoms with E-state index in [9.17, 15) is 13.2 Å². The largest absolute Gasteiger partial charge is 0.389 e. The van der Waals surface area contributed by atoms with Crippen molar-refractivity contribution in [2.75, 3.05) is 13.7 Å². The van der Waals surface area contributed by atoms with Crippen LogP contribution in [0.2, 0.25) is 0 Å². The summed E-state index contributed by atoms with van der Waals surface area (Å²) < 4.78 is 42.2. The molecule has 0 saturated heterocycles. The van der Waals surface area contributed by atoms with E-state index >= 15 is 0 Å². The first-order valence-corrected chi connectivity index (χ1v) is 6.14. The molecular formula is C12H24F3NO. The minimum atomic E-state index is -4.10. The van der Waals surface area contributed by atoms with Crippen molar-refractivity contribution in [3.05, 3.63) is 0 Å². The highest BCUT2D eigenvalue weighted by Crippen LogP contribution is 2.28. The van der Waals surface area contributed by atoms with Crippen LogP contribution in [0.25, 0.3) is 0 Å². The van der Waals surface area contributed by atoms with E-state index in [1.807, 2.05) is 20.8 Å². The zero-order chi connectivity index (χ0) is 13.5. The van der Waals surface area contributed by atoms with Crippen molar-refractivity contribution in [2.24, 2.45) is 0 Å². The third-order valence-corrected chi connectivity index (χ3v) is 3.26. The number of nitrogens with one attached hydrogen (secondary N) is 1. The average molecular weight is 255 g/mol. The molecule has 2 atom stereocenters. The Kier molecular flexibility index (Phi) is 7.09. The molecule has 0 aromatic carbocycles. The molecule has 2 unspecified atom stereocenters. The van der Waals surface area contributed by atoms with Crippen molar-refractivity contribution in [3.63, 3.8) is 0 Å². The molecule has 0 bridgehead atoms. The number of ether oxygens (including phenoxy) is 1. The number of methoxy groups -OCH3 is 1. The van der Waals surface area contributed by atoms with Crippen LogP contribution in [0.3, 0.4) is 0 Å². The van der Waals surface area contributed by atoms with Crippen LogP contribution in [-0.4, -0.2) is 31.5 Å². The lowest BCUT2D eigenvalue weighted by atomic mass is 9.89. The Morgan fingerprint density at radius 2 is 1.82 bits per heavy atom. The van der Waals surface area contributed by atoms with Crippen LogP contribution < -0.4 is 5.32 Å². The highest BCUT2D eigenvalue weighted by Gasteiger charge is 2.36. The van der Waals surface area contributed by atoms with Crippen LogP contribution in [0.1, 0.15) is 46.5 Å². The lowest BCUT2D eigenvalue weighted by Crippen LogP contribution is -2.50. The quantitative estimate of drug-likeness (QED) is 0.716. The van der Waals surface area contributed by atoms with Crippen molar-refractivity contribution >= 4 is 0 Å². The predicted molar refractivity (Wildman–Crippen MR) is 63.1 cm³/mol. The van der Waals surface area contributed by atoms with Crippen LogP contribution in [0, 0.1) is 0 Å². The van der Waals surface area contributed by atoms with Crippen LogP contribution in [0.15, 0.2) is 0 Å². The van der Waals surface area contributed by atoms with Gasteiger partial charge in [0.15, 0.2) is 0 Å². The lowest BCUT2D eigenvalue weighted by molar-refractivity contribution is -0.141. The van der Waals surface area contributed by atoms with E-state index in [4.69, 9.17) is 4.74 Å². The molecule has 0 amide bonds. The Morgan fingerprint density at radius 1 is 1.24 bits per heavy atom. The monoisotopic (exact) mass is 255 g/mol. The smallest absolute Gasteiger partial charge is 0.377 e. The maximum atomic E-state index is 12.3. The Morgan fingerprint density at radius 3 is 2.18 bits per heavy atom. The van der Waals surface area contributed by atoms with E-state index in [2.05, 4.69) is 5.32 Å². The van der Waals surface area contributed by atoms with Gasteiger partial charge in [0.05, 0.1) is 5.60 Å². The highest BCUT2D eigenvalue weighted by atomic mass is 19.4. The van der Waals surface area contributed by atoms with E-state index < -0.39 is 18.2 Å². The maximum Gasteiger partial charge on any atom is 0.389 e. The zero-order valence-corrected chi connectivity index (χ0v) is 11.2. The fraction of sp³-hybridized carbons (Fsp3) is 1.00. The summed E-state index contributed by atoms with van der Waals surface area (Å²) in [7, 11) is 1.55. The van der Waals surface area contributed by atoms with Gasteiger partial charge in [-0.25, -0.2) is 0 Å². The van der Waals surface area contributed by atoms with Gasteiger partial charge in [-0.3, -0.25) is 0 Å². The first kappa shape index (κ1) is 16.7. The summed E-state index contributed by atoms with van der Waals surface area (Å²) in [6.07, 6.45) is -3.24. The predicted octanol–water partition coefficient (Wildman–Crippen LogP) is 3.51. The Balaban J connectivity index is 4.51. The molecule has 0 radical (unpaired) electrons. The number of hydrogen-bond donors (Lipinski definition) is 1. The number of hydrogen-bond acceptors (Lipinski definition) is 2. The van der Waals surface area contributed by atoms with E-state index in [-0.39, 0.29) is 12.5 Å². The van der Waals surface area contributed by atoms with Gasteiger partial charge in [0.25, 0.3) is 0 Å². The van der Waals surface area contributed by atoms with E-state index in [0.29, 0.717) is 13.0 Å². The highest BCUT2D eigenvalue weighted by molar-refractivity contribution is 4.88. The first-order chi connectivity index (χ1) is 7.79. The third kappa shape index (κ3) is 6.27. The molecule has 0 fully saturated rings. The fourth-order valence-corrected chi connectivity index (χ4v) is 1.78. The summed E-state index contributed by atoms with van der Waals surface area (Å²) in [5, 5.41) is 3.16. The molecule has 0 saturated carbocycles. The minimum Gasteiger partial charge on any atom is -0.377 e. The molecule has 104 valence electrons. The van der Waals surface area contributed by atoms with Gasteiger partial charge in [-0.05, 0) is 32.7 Å². The van der Waals surface area contributed by atoms with Crippen molar-refractivity contribution in [2.45, 2.75) is 64.3 Å². The molecule has 17 heavy (non-hydrogen) atoms. The Bertz CT molecular complexity index is 202. The zero-order valence-electron chi connectivity index (χ0n) is 11.2. The van der Waals surface area contributed by atoms with Gasteiger partial charge in [0.2, 0.25) is 0 Å². The number of rotatable bonds is 8. The van der Waals surface area contributed by atoms with Gasteiger partial charge in [-0.2, -0.15) is 13.2 Å². The normalized spacial score (nSPS) is 17.8. The van der Waals surface area contributed by atoms with E-state index in [1.54, 1.807) is 7.11 Å². The van der Waals surface area contributed by atoms with Gasteiger partial charge >= 0.3 is 6.18 Å². The second kappa shape index (κ2) is 7.21. The van der Waals surface area contributed by atoms with Crippen molar-refractivity contribution in [3.8, 4) is 0 Å². The molecule has 1 N–H and O–H groups in total. The van der Waals surface area contributed by atoms with Crippen LogP contribution in [0.4, 0.5) is 13.2 Å². The topological polar surface area (TPSA) is 21.3 Å². The fourth-order valence-electron chi connectivity index (χ4n) is 1.78. The second-order valence-corrected chi connectivity index (χ2v) is 4.53. The third-order valence-electron chi connectivity index (χ3n) is 3.26. The van der Waals surface area contributed by atoms with Gasteiger partial charge in [0, 0.05) is 19.6 Å².